The lowest BCUT2D eigenvalue weighted by Crippen LogP contribution is -2.26. The van der Waals surface area contributed by atoms with E-state index in [0.717, 1.165) is 6.07 Å². The number of hydrogen-bond acceptors (Lipinski definition) is 5. The van der Waals surface area contributed by atoms with Crippen LogP contribution >= 0.6 is 11.8 Å². The molecule has 4 nitrogen and oxygen atoms in total. The van der Waals surface area contributed by atoms with Gasteiger partial charge in [-0.25, -0.2) is 13.2 Å². The van der Waals surface area contributed by atoms with Gasteiger partial charge in [-0.15, -0.1) is 0 Å². The Morgan fingerprint density at radius 3 is 2.04 bits per heavy atom. The molecule has 0 fully saturated rings. The summed E-state index contributed by atoms with van der Waals surface area (Å²) in [6.45, 7) is 0. The molecule has 0 bridgehead atoms. The largest absolute Gasteiger partial charge is 0.507 e. The van der Waals surface area contributed by atoms with Crippen molar-refractivity contribution in [3.05, 3.63) is 82.2 Å². The first-order chi connectivity index (χ1) is 13.3. The highest BCUT2D eigenvalue weighted by atomic mass is 32.2. The average molecular weight is 401 g/mol. The number of halogens is 3. The second kappa shape index (κ2) is 6.42. The van der Waals surface area contributed by atoms with Crippen molar-refractivity contribution in [3.63, 3.8) is 0 Å². The molecule has 140 valence electrons. The van der Waals surface area contributed by atoms with Crippen LogP contribution in [-0.2, 0) is 0 Å². The molecule has 0 radical (unpaired) electrons. The van der Waals surface area contributed by atoms with E-state index in [4.69, 9.17) is 5.73 Å². The van der Waals surface area contributed by atoms with Crippen LogP contribution in [0.25, 0.3) is 0 Å². The molecular formula is C20H10F3NO3S. The molecule has 3 aromatic rings. The first-order valence-electron chi connectivity index (χ1n) is 7.97. The first-order valence-corrected chi connectivity index (χ1v) is 8.78. The summed E-state index contributed by atoms with van der Waals surface area (Å²) in [5.41, 5.74) is 2.59. The van der Waals surface area contributed by atoms with Crippen molar-refractivity contribution in [1.29, 1.82) is 0 Å². The van der Waals surface area contributed by atoms with Gasteiger partial charge in [-0.05, 0) is 24.3 Å². The SMILES string of the molecule is Nc1ccc(O)c2c1C(=O)c1c(F)c(Sc3ccccc3)c(F)c(F)c1C2=O. The Kier molecular flexibility index (Phi) is 4.15. The number of phenolic OH excluding ortho intramolecular Hbond substituents is 1. The van der Waals surface area contributed by atoms with Crippen LogP contribution in [0, 0.1) is 17.5 Å². The lowest BCUT2D eigenvalue weighted by atomic mass is 9.82. The molecule has 0 heterocycles. The molecule has 0 atom stereocenters. The van der Waals surface area contributed by atoms with Crippen LogP contribution in [0.1, 0.15) is 31.8 Å². The van der Waals surface area contributed by atoms with Gasteiger partial charge in [-0.2, -0.15) is 0 Å². The zero-order valence-corrected chi connectivity index (χ0v) is 14.7. The Morgan fingerprint density at radius 2 is 1.36 bits per heavy atom. The van der Waals surface area contributed by atoms with Crippen LogP contribution in [0.2, 0.25) is 0 Å². The number of nitrogens with two attached hydrogens (primary N) is 1. The van der Waals surface area contributed by atoms with Crippen LogP contribution in [0.3, 0.4) is 0 Å². The topological polar surface area (TPSA) is 80.4 Å². The van der Waals surface area contributed by atoms with Crippen molar-refractivity contribution >= 4 is 29.0 Å². The molecule has 0 saturated heterocycles. The van der Waals surface area contributed by atoms with Crippen molar-refractivity contribution < 1.29 is 27.9 Å². The van der Waals surface area contributed by atoms with Gasteiger partial charge in [0, 0.05) is 10.6 Å². The summed E-state index contributed by atoms with van der Waals surface area (Å²) in [6, 6.07) is 10.3. The number of phenols is 1. The van der Waals surface area contributed by atoms with Crippen LogP contribution < -0.4 is 5.73 Å². The molecule has 0 aromatic heterocycles. The maximum absolute atomic E-state index is 15.1. The molecule has 0 saturated carbocycles. The predicted molar refractivity (Wildman–Crippen MR) is 96.3 cm³/mol. The molecular weight excluding hydrogens is 391 g/mol. The molecule has 0 aliphatic heterocycles. The fourth-order valence-corrected chi connectivity index (χ4v) is 3.99. The minimum absolute atomic E-state index is 0.182. The van der Waals surface area contributed by atoms with Crippen molar-refractivity contribution in [2.75, 3.05) is 5.73 Å². The standard InChI is InChI=1S/C20H10F3NO3S/c21-15-13-14(16(22)20(17(15)23)28-8-4-2-1-3-5-8)18(26)11-9(24)6-7-10(25)12(11)19(13)27/h1-7,25H,24H2. The third-order valence-electron chi connectivity index (χ3n) is 4.37. The monoisotopic (exact) mass is 401 g/mol. The molecule has 1 aliphatic rings. The smallest absolute Gasteiger partial charge is 0.201 e. The predicted octanol–water partition coefficient (Wildman–Crippen LogP) is 4.32. The van der Waals surface area contributed by atoms with E-state index in [1.165, 1.54) is 6.07 Å². The Morgan fingerprint density at radius 1 is 0.750 bits per heavy atom. The normalized spacial score (nSPS) is 12.7. The lowest BCUT2D eigenvalue weighted by molar-refractivity contribution is 0.0968. The summed E-state index contributed by atoms with van der Waals surface area (Å²) in [7, 11) is 0. The highest BCUT2D eigenvalue weighted by molar-refractivity contribution is 7.99. The summed E-state index contributed by atoms with van der Waals surface area (Å²) in [6.07, 6.45) is 0. The fraction of sp³-hybridized carbons (Fsp3) is 0. The number of anilines is 1. The van der Waals surface area contributed by atoms with Gasteiger partial charge in [-0.1, -0.05) is 30.0 Å². The highest BCUT2D eigenvalue weighted by Gasteiger charge is 2.41. The van der Waals surface area contributed by atoms with Crippen LogP contribution in [0.4, 0.5) is 18.9 Å². The minimum atomic E-state index is -1.65. The summed E-state index contributed by atoms with van der Waals surface area (Å²) in [5.74, 6) is -7.52. The van der Waals surface area contributed by atoms with Gasteiger partial charge < -0.3 is 10.8 Å². The molecule has 28 heavy (non-hydrogen) atoms. The number of ketones is 2. The van der Waals surface area contributed by atoms with Crippen molar-refractivity contribution in [3.8, 4) is 5.75 Å². The van der Waals surface area contributed by atoms with Crippen LogP contribution in [-0.4, -0.2) is 16.7 Å². The molecule has 4 rings (SSSR count). The third kappa shape index (κ3) is 2.49. The van der Waals surface area contributed by atoms with E-state index in [-0.39, 0.29) is 5.69 Å². The number of carbonyl (C=O) groups excluding carboxylic acids is 2. The Balaban J connectivity index is 2.00. The van der Waals surface area contributed by atoms with Gasteiger partial charge >= 0.3 is 0 Å². The van der Waals surface area contributed by atoms with E-state index in [1.54, 1.807) is 30.3 Å². The van der Waals surface area contributed by atoms with E-state index in [9.17, 15) is 23.5 Å². The second-order valence-corrected chi connectivity index (χ2v) is 7.10. The third-order valence-corrected chi connectivity index (χ3v) is 5.44. The molecule has 0 unspecified atom stereocenters. The van der Waals surface area contributed by atoms with Gasteiger partial charge in [0.25, 0.3) is 0 Å². The molecule has 0 amide bonds. The number of rotatable bonds is 2. The first kappa shape index (κ1) is 18.1. The zero-order valence-electron chi connectivity index (χ0n) is 13.9. The second-order valence-electron chi connectivity index (χ2n) is 6.02. The quantitative estimate of drug-likeness (QED) is 0.297. The number of hydrogen-bond donors (Lipinski definition) is 2. The van der Waals surface area contributed by atoms with Crippen molar-refractivity contribution in [2.24, 2.45) is 0 Å². The average Bonchev–Trinajstić information content (AvgIpc) is 2.68. The van der Waals surface area contributed by atoms with E-state index >= 15 is 4.39 Å². The van der Waals surface area contributed by atoms with Gasteiger partial charge in [-0.3, -0.25) is 9.59 Å². The van der Waals surface area contributed by atoms with Gasteiger partial charge in [0.1, 0.15) is 5.75 Å². The summed E-state index contributed by atoms with van der Waals surface area (Å²) < 4.78 is 44.5. The highest BCUT2D eigenvalue weighted by Crippen LogP contribution is 2.42. The van der Waals surface area contributed by atoms with Crippen molar-refractivity contribution in [2.45, 2.75) is 9.79 Å². The van der Waals surface area contributed by atoms with Crippen LogP contribution in [0.15, 0.2) is 52.3 Å². The number of benzene rings is 3. The Bertz CT molecular complexity index is 1180. The maximum Gasteiger partial charge on any atom is 0.201 e. The summed E-state index contributed by atoms with van der Waals surface area (Å²) >= 11 is 0.586. The Hall–Kier alpha value is -3.26. The fourth-order valence-electron chi connectivity index (χ4n) is 3.09. The van der Waals surface area contributed by atoms with Gasteiger partial charge in [0.05, 0.1) is 27.1 Å². The van der Waals surface area contributed by atoms with Gasteiger partial charge in [0.15, 0.2) is 23.2 Å². The maximum atomic E-state index is 15.1. The minimum Gasteiger partial charge on any atom is -0.507 e. The summed E-state index contributed by atoms with van der Waals surface area (Å²) in [4.78, 5) is 25.2. The lowest BCUT2D eigenvalue weighted by Gasteiger charge is -2.22. The Labute approximate surface area is 160 Å². The van der Waals surface area contributed by atoms with E-state index in [2.05, 4.69) is 0 Å². The van der Waals surface area contributed by atoms with E-state index < -0.39 is 61.9 Å². The van der Waals surface area contributed by atoms with Crippen LogP contribution in [0.5, 0.6) is 5.75 Å². The number of aromatic hydroxyl groups is 1. The van der Waals surface area contributed by atoms with E-state index in [0.29, 0.717) is 16.7 Å². The zero-order chi connectivity index (χ0) is 20.2. The molecule has 3 N–H and O–H groups in total. The number of nitrogen functional groups attached to an aromatic ring is 1. The molecule has 1 aliphatic carbocycles. The van der Waals surface area contributed by atoms with Gasteiger partial charge in [0.2, 0.25) is 5.78 Å². The number of fused-ring (bicyclic) bond motifs is 2. The number of carbonyl (C=O) groups is 2. The van der Waals surface area contributed by atoms with Crippen molar-refractivity contribution in [1.82, 2.24) is 0 Å². The summed E-state index contributed by atoms with van der Waals surface area (Å²) in [5, 5.41) is 9.93. The molecule has 3 aromatic carbocycles. The molecule has 8 heteroatoms. The van der Waals surface area contributed by atoms with E-state index in [1.807, 2.05) is 0 Å². The molecule has 0 spiro atoms.